The average molecular weight is 382 g/mol. The number of hydrogen-bond acceptors (Lipinski definition) is 5. The fourth-order valence-electron chi connectivity index (χ4n) is 4.52. The van der Waals surface area contributed by atoms with Crippen LogP contribution in [0, 0.1) is 0 Å². The van der Waals surface area contributed by atoms with Crippen LogP contribution in [-0.2, 0) is 22.7 Å². The number of hydrogen-bond donors (Lipinski definition) is 3. The summed E-state index contributed by atoms with van der Waals surface area (Å²) in [7, 11) is 0. The highest BCUT2D eigenvalue weighted by Crippen LogP contribution is 2.30. The lowest BCUT2D eigenvalue weighted by molar-refractivity contribution is -0.136. The maximum absolute atomic E-state index is 12.9. The zero-order valence-electron chi connectivity index (χ0n) is 15.9. The number of carbonyl (C=O) groups excluding carboxylic acids is 3. The van der Waals surface area contributed by atoms with Gasteiger partial charge >= 0.3 is 0 Å². The first-order valence-electron chi connectivity index (χ1n) is 9.85. The van der Waals surface area contributed by atoms with Gasteiger partial charge in [0, 0.05) is 37.2 Å². The summed E-state index contributed by atoms with van der Waals surface area (Å²) in [5.41, 5.74) is 2.71. The van der Waals surface area contributed by atoms with E-state index in [0.717, 1.165) is 37.1 Å². The molecule has 3 N–H and O–H groups in total. The van der Waals surface area contributed by atoms with Gasteiger partial charge in [0.05, 0.1) is 0 Å². The van der Waals surface area contributed by atoms with E-state index in [-0.39, 0.29) is 29.7 Å². The molecule has 3 aliphatic heterocycles. The minimum atomic E-state index is -0.579. The molecule has 0 aliphatic carbocycles. The van der Waals surface area contributed by atoms with Crippen molar-refractivity contribution < 1.29 is 14.4 Å². The highest BCUT2D eigenvalue weighted by atomic mass is 16.2. The molecule has 3 amide bonds. The summed E-state index contributed by atoms with van der Waals surface area (Å²) in [5, 5.41) is 9.43. The van der Waals surface area contributed by atoms with Crippen LogP contribution >= 0.6 is 0 Å². The molecule has 3 heterocycles. The van der Waals surface area contributed by atoms with Gasteiger partial charge in [0.15, 0.2) is 0 Å². The topological polar surface area (TPSA) is 90.5 Å². The number of carbonyl (C=O) groups is 3. The molecule has 1 aromatic rings. The molecule has 2 atom stereocenters. The van der Waals surface area contributed by atoms with Crippen LogP contribution in [0.2, 0.25) is 0 Å². The second-order valence-electron chi connectivity index (χ2n) is 7.90. The summed E-state index contributed by atoms with van der Waals surface area (Å²) in [6, 6.07) is 5.18. The van der Waals surface area contributed by atoms with Crippen LogP contribution < -0.4 is 16.0 Å². The predicted octanol–water partition coefficient (Wildman–Crippen LogP) is 0.845. The Morgan fingerprint density at radius 2 is 2.18 bits per heavy atom. The summed E-state index contributed by atoms with van der Waals surface area (Å²) in [4.78, 5) is 38.2. The summed E-state index contributed by atoms with van der Waals surface area (Å²) < 4.78 is 0. The Kier molecular flexibility index (Phi) is 5.03. The number of nitrogens with one attached hydrogen (secondary N) is 3. The average Bonchev–Trinajstić information content (AvgIpc) is 3.26. The van der Waals surface area contributed by atoms with Crippen LogP contribution in [0.1, 0.15) is 47.2 Å². The molecule has 0 bridgehead atoms. The van der Waals surface area contributed by atoms with Crippen LogP contribution in [-0.4, -0.2) is 47.3 Å². The Labute approximate surface area is 164 Å². The third-order valence-corrected chi connectivity index (χ3v) is 6.11. The fourth-order valence-corrected chi connectivity index (χ4v) is 4.52. The van der Waals surface area contributed by atoms with Crippen molar-refractivity contribution in [1.82, 2.24) is 20.9 Å². The number of rotatable bonds is 6. The number of amides is 3. The number of piperidine rings is 1. The van der Waals surface area contributed by atoms with Crippen LogP contribution in [0.3, 0.4) is 0 Å². The molecule has 0 spiro atoms. The molecule has 0 saturated carbocycles. The maximum Gasteiger partial charge on any atom is 0.255 e. The zero-order valence-corrected chi connectivity index (χ0v) is 15.9. The first-order valence-corrected chi connectivity index (χ1v) is 9.85. The Morgan fingerprint density at radius 1 is 1.32 bits per heavy atom. The summed E-state index contributed by atoms with van der Waals surface area (Å²) in [5.74, 6) is -0.776. The lowest BCUT2D eigenvalue weighted by Gasteiger charge is -2.30. The van der Waals surface area contributed by atoms with E-state index in [9.17, 15) is 14.4 Å². The third-order valence-electron chi connectivity index (χ3n) is 6.11. The van der Waals surface area contributed by atoms with Crippen molar-refractivity contribution in [2.75, 3.05) is 13.1 Å². The second kappa shape index (κ2) is 7.48. The monoisotopic (exact) mass is 382 g/mol. The van der Waals surface area contributed by atoms with Crippen molar-refractivity contribution in [3.8, 4) is 0 Å². The largest absolute Gasteiger partial charge is 0.322 e. The zero-order chi connectivity index (χ0) is 19.7. The first kappa shape index (κ1) is 18.8. The fraction of sp³-hybridized carbons (Fsp3) is 0.476. The highest BCUT2D eigenvalue weighted by molar-refractivity contribution is 6.05. The lowest BCUT2D eigenvalue weighted by Crippen LogP contribution is -2.52. The van der Waals surface area contributed by atoms with Gasteiger partial charge in [0.1, 0.15) is 6.04 Å². The Morgan fingerprint density at radius 3 is 2.89 bits per heavy atom. The Balaban J connectivity index is 1.52. The first-order chi connectivity index (χ1) is 13.5. The van der Waals surface area contributed by atoms with E-state index in [1.54, 1.807) is 4.90 Å². The summed E-state index contributed by atoms with van der Waals surface area (Å²) in [6.07, 6.45) is 4.52. The normalized spacial score (nSPS) is 27.1. The van der Waals surface area contributed by atoms with Crippen molar-refractivity contribution in [3.63, 3.8) is 0 Å². The molecule has 0 aromatic heterocycles. The smallest absolute Gasteiger partial charge is 0.255 e. The van der Waals surface area contributed by atoms with E-state index >= 15 is 0 Å². The van der Waals surface area contributed by atoms with E-state index in [4.69, 9.17) is 0 Å². The van der Waals surface area contributed by atoms with Gasteiger partial charge in [-0.05, 0) is 43.0 Å². The molecule has 3 aliphatic rings. The number of fused-ring (bicyclic) bond motifs is 1. The SMILES string of the molecule is C=CCC1(NCc2cccc3c2CN(C2CCC(=O)NC2=O)C3=O)CCNC1. The predicted molar refractivity (Wildman–Crippen MR) is 104 cm³/mol. The van der Waals surface area contributed by atoms with Crippen LogP contribution in [0.25, 0.3) is 0 Å². The second-order valence-corrected chi connectivity index (χ2v) is 7.90. The molecule has 2 unspecified atom stereocenters. The van der Waals surface area contributed by atoms with Gasteiger partial charge in [-0.1, -0.05) is 18.2 Å². The Hall–Kier alpha value is -2.51. The van der Waals surface area contributed by atoms with Crippen molar-refractivity contribution in [2.24, 2.45) is 0 Å². The van der Waals surface area contributed by atoms with Gasteiger partial charge in [-0.25, -0.2) is 0 Å². The van der Waals surface area contributed by atoms with Gasteiger partial charge in [-0.3, -0.25) is 19.7 Å². The molecule has 7 heteroatoms. The molecule has 1 aromatic carbocycles. The van der Waals surface area contributed by atoms with Gasteiger partial charge in [-0.15, -0.1) is 6.58 Å². The van der Waals surface area contributed by atoms with Gasteiger partial charge in [0.2, 0.25) is 11.8 Å². The van der Waals surface area contributed by atoms with E-state index in [0.29, 0.717) is 25.1 Å². The van der Waals surface area contributed by atoms with Crippen molar-refractivity contribution in [2.45, 2.75) is 50.4 Å². The molecular formula is C21H26N4O3. The van der Waals surface area contributed by atoms with Gasteiger partial charge < -0.3 is 15.5 Å². The molecule has 4 rings (SSSR count). The molecule has 28 heavy (non-hydrogen) atoms. The van der Waals surface area contributed by atoms with Crippen molar-refractivity contribution in [1.29, 1.82) is 0 Å². The van der Waals surface area contributed by atoms with Crippen LogP contribution in [0.5, 0.6) is 0 Å². The number of benzene rings is 1. The molecule has 2 saturated heterocycles. The number of nitrogens with zero attached hydrogens (tertiary/aromatic N) is 1. The molecular weight excluding hydrogens is 356 g/mol. The number of imide groups is 1. The Bertz CT molecular complexity index is 829. The maximum atomic E-state index is 12.9. The van der Waals surface area contributed by atoms with Crippen LogP contribution in [0.4, 0.5) is 0 Å². The van der Waals surface area contributed by atoms with E-state index < -0.39 is 6.04 Å². The summed E-state index contributed by atoms with van der Waals surface area (Å²) >= 11 is 0. The van der Waals surface area contributed by atoms with Crippen LogP contribution in [0.15, 0.2) is 30.9 Å². The standard InChI is InChI=1S/C21H26N4O3/c1-2-8-21(9-10-22-13-21)23-11-14-4-3-5-15-16(14)12-25(20(15)28)17-6-7-18(26)24-19(17)27/h2-5,17,22-23H,1,6-13H2,(H,24,26,27). The molecule has 0 radical (unpaired) electrons. The molecule has 7 nitrogen and oxygen atoms in total. The summed E-state index contributed by atoms with van der Waals surface area (Å²) in [6.45, 7) is 6.83. The van der Waals surface area contributed by atoms with Crippen molar-refractivity contribution >= 4 is 17.7 Å². The molecule has 148 valence electrons. The quantitative estimate of drug-likeness (QED) is 0.501. The highest BCUT2D eigenvalue weighted by Gasteiger charge is 2.40. The van der Waals surface area contributed by atoms with E-state index in [1.165, 1.54) is 0 Å². The minimum Gasteiger partial charge on any atom is -0.322 e. The minimum absolute atomic E-state index is 0.00358. The third kappa shape index (κ3) is 3.36. The van der Waals surface area contributed by atoms with Crippen molar-refractivity contribution in [3.05, 3.63) is 47.5 Å². The van der Waals surface area contributed by atoms with Gasteiger partial charge in [0.25, 0.3) is 5.91 Å². The van der Waals surface area contributed by atoms with E-state index in [2.05, 4.69) is 22.5 Å². The lowest BCUT2D eigenvalue weighted by atomic mass is 9.93. The van der Waals surface area contributed by atoms with Gasteiger partial charge in [-0.2, -0.15) is 0 Å². The van der Waals surface area contributed by atoms with E-state index in [1.807, 2.05) is 24.3 Å². The molecule has 2 fully saturated rings.